The predicted molar refractivity (Wildman–Crippen MR) is 90.9 cm³/mol. The summed E-state index contributed by atoms with van der Waals surface area (Å²) in [6.07, 6.45) is 10.8. The van der Waals surface area contributed by atoms with E-state index < -0.39 is 0 Å². The molecule has 0 spiro atoms. The number of ether oxygens (including phenoxy) is 1. The molecular weight excluding hydrogens is 288 g/mol. The number of carbonyl (C=O) groups excluding carboxylic acids is 2. The van der Waals surface area contributed by atoms with Gasteiger partial charge in [-0.25, -0.2) is 0 Å². The minimum Gasteiger partial charge on any atom is -0.393 e. The Bertz CT molecular complexity index is 475. The van der Waals surface area contributed by atoms with Gasteiger partial charge in [0, 0.05) is 12.8 Å². The largest absolute Gasteiger partial charge is 0.393 e. The molecule has 1 aromatic rings. The number of esters is 2. The quantitative estimate of drug-likeness (QED) is 0.509. The van der Waals surface area contributed by atoms with Crippen LogP contribution in [-0.4, -0.2) is 11.9 Å². The summed E-state index contributed by atoms with van der Waals surface area (Å²) in [6, 6.07) is 10.0. The zero-order valence-electron chi connectivity index (χ0n) is 14.0. The molecule has 1 fully saturated rings. The molecule has 1 aliphatic carbocycles. The molecule has 2 rings (SSSR count). The number of hydrogen-bond donors (Lipinski definition) is 0. The molecule has 0 amide bonds. The van der Waals surface area contributed by atoms with Gasteiger partial charge in [0.05, 0.1) is 0 Å². The number of hydrogen-bond acceptors (Lipinski definition) is 3. The van der Waals surface area contributed by atoms with Gasteiger partial charge in [0.2, 0.25) is 0 Å². The Labute approximate surface area is 139 Å². The Balaban J connectivity index is 1.52. The van der Waals surface area contributed by atoms with Crippen molar-refractivity contribution in [1.29, 1.82) is 0 Å². The zero-order valence-corrected chi connectivity index (χ0v) is 14.0. The Kier molecular flexibility index (Phi) is 7.85. The number of benzene rings is 1. The van der Waals surface area contributed by atoms with E-state index in [0.717, 1.165) is 31.6 Å². The summed E-state index contributed by atoms with van der Waals surface area (Å²) in [6.45, 7) is 0. The van der Waals surface area contributed by atoms with Crippen LogP contribution in [0.5, 0.6) is 0 Å². The van der Waals surface area contributed by atoms with Crippen LogP contribution < -0.4 is 0 Å². The van der Waals surface area contributed by atoms with E-state index in [-0.39, 0.29) is 11.9 Å². The third-order valence-electron chi connectivity index (χ3n) is 4.63. The third kappa shape index (κ3) is 7.45. The van der Waals surface area contributed by atoms with E-state index in [1.807, 2.05) is 30.3 Å². The molecule has 0 atom stereocenters. The zero-order chi connectivity index (χ0) is 16.3. The summed E-state index contributed by atoms with van der Waals surface area (Å²) >= 11 is 0. The van der Waals surface area contributed by atoms with Gasteiger partial charge in [0.25, 0.3) is 0 Å². The summed E-state index contributed by atoms with van der Waals surface area (Å²) in [5.41, 5.74) is 1.21. The number of aryl methyl sites for hydroxylation is 1. The molecule has 3 nitrogen and oxygen atoms in total. The second-order valence-electron chi connectivity index (χ2n) is 6.58. The lowest BCUT2D eigenvalue weighted by Gasteiger charge is -2.20. The highest BCUT2D eigenvalue weighted by Gasteiger charge is 2.15. The Morgan fingerprint density at radius 3 is 2.26 bits per heavy atom. The Morgan fingerprint density at radius 1 is 0.913 bits per heavy atom. The van der Waals surface area contributed by atoms with Crippen LogP contribution in [-0.2, 0) is 20.7 Å². The lowest BCUT2D eigenvalue weighted by molar-refractivity contribution is -0.159. The fourth-order valence-corrected chi connectivity index (χ4v) is 3.32. The van der Waals surface area contributed by atoms with E-state index in [1.54, 1.807) is 0 Å². The maximum atomic E-state index is 11.7. The highest BCUT2D eigenvalue weighted by atomic mass is 16.6. The second-order valence-corrected chi connectivity index (χ2v) is 6.58. The summed E-state index contributed by atoms with van der Waals surface area (Å²) < 4.78 is 4.90. The van der Waals surface area contributed by atoms with Gasteiger partial charge in [-0.05, 0) is 37.2 Å². The molecule has 23 heavy (non-hydrogen) atoms. The van der Waals surface area contributed by atoms with Gasteiger partial charge in [-0.15, -0.1) is 0 Å². The minimum absolute atomic E-state index is 0.309. The molecule has 0 bridgehead atoms. The number of carbonyl (C=O) groups is 2. The summed E-state index contributed by atoms with van der Waals surface area (Å²) in [5, 5.41) is 0. The van der Waals surface area contributed by atoms with Crippen molar-refractivity contribution in [3.05, 3.63) is 35.9 Å². The van der Waals surface area contributed by atoms with E-state index >= 15 is 0 Å². The molecule has 126 valence electrons. The molecule has 0 N–H and O–H groups in total. The maximum Gasteiger partial charge on any atom is 0.313 e. The van der Waals surface area contributed by atoms with E-state index in [1.165, 1.54) is 37.7 Å². The maximum absolute atomic E-state index is 11.7. The summed E-state index contributed by atoms with van der Waals surface area (Å²) in [4.78, 5) is 23.4. The van der Waals surface area contributed by atoms with Gasteiger partial charge in [-0.3, -0.25) is 9.59 Å². The van der Waals surface area contributed by atoms with Crippen molar-refractivity contribution < 1.29 is 14.3 Å². The second kappa shape index (κ2) is 10.2. The average Bonchev–Trinajstić information content (AvgIpc) is 2.57. The molecule has 0 aromatic heterocycles. The SMILES string of the molecule is O=C(CCCc1ccccc1)OC(=O)CCCC1CCCCC1. The van der Waals surface area contributed by atoms with Gasteiger partial charge in [-0.2, -0.15) is 0 Å². The van der Waals surface area contributed by atoms with E-state index in [0.29, 0.717) is 12.8 Å². The predicted octanol–water partition coefficient (Wildman–Crippen LogP) is 4.83. The average molecular weight is 316 g/mol. The van der Waals surface area contributed by atoms with Crippen molar-refractivity contribution in [2.75, 3.05) is 0 Å². The Hall–Kier alpha value is -1.64. The first-order chi connectivity index (χ1) is 11.2. The topological polar surface area (TPSA) is 43.4 Å². The fraction of sp³-hybridized carbons (Fsp3) is 0.600. The van der Waals surface area contributed by atoms with Crippen molar-refractivity contribution >= 4 is 11.9 Å². The van der Waals surface area contributed by atoms with Gasteiger partial charge in [0.15, 0.2) is 0 Å². The van der Waals surface area contributed by atoms with Gasteiger partial charge in [0.1, 0.15) is 0 Å². The van der Waals surface area contributed by atoms with Crippen molar-refractivity contribution in [3.63, 3.8) is 0 Å². The van der Waals surface area contributed by atoms with Crippen LogP contribution >= 0.6 is 0 Å². The van der Waals surface area contributed by atoms with E-state index in [2.05, 4.69) is 0 Å². The minimum atomic E-state index is -0.386. The number of rotatable bonds is 8. The highest BCUT2D eigenvalue weighted by Crippen LogP contribution is 2.27. The molecule has 1 aromatic carbocycles. The first kappa shape index (κ1) is 17.7. The molecule has 1 aliphatic rings. The molecule has 0 heterocycles. The lowest BCUT2D eigenvalue weighted by atomic mass is 9.86. The molecule has 3 heteroatoms. The van der Waals surface area contributed by atoms with E-state index in [9.17, 15) is 9.59 Å². The monoisotopic (exact) mass is 316 g/mol. The van der Waals surface area contributed by atoms with E-state index in [4.69, 9.17) is 4.74 Å². The highest BCUT2D eigenvalue weighted by molar-refractivity contribution is 5.85. The van der Waals surface area contributed by atoms with Gasteiger partial charge in [-0.1, -0.05) is 62.4 Å². The molecule has 0 radical (unpaired) electrons. The van der Waals surface area contributed by atoms with Crippen molar-refractivity contribution in [2.45, 2.75) is 70.6 Å². The van der Waals surface area contributed by atoms with Gasteiger partial charge < -0.3 is 4.74 Å². The van der Waals surface area contributed by atoms with Crippen LogP contribution in [0.4, 0.5) is 0 Å². The molecular formula is C20H28O3. The van der Waals surface area contributed by atoms with Crippen LogP contribution in [0.25, 0.3) is 0 Å². The normalized spacial score (nSPS) is 15.3. The first-order valence-corrected chi connectivity index (χ1v) is 9.01. The van der Waals surface area contributed by atoms with Crippen molar-refractivity contribution in [1.82, 2.24) is 0 Å². The molecule has 1 saturated carbocycles. The fourth-order valence-electron chi connectivity index (χ4n) is 3.32. The van der Waals surface area contributed by atoms with Crippen LogP contribution in [0.1, 0.15) is 69.8 Å². The Morgan fingerprint density at radius 2 is 1.57 bits per heavy atom. The summed E-state index contributed by atoms with van der Waals surface area (Å²) in [5.74, 6) is 0.0345. The first-order valence-electron chi connectivity index (χ1n) is 9.01. The standard InChI is InChI=1S/C20H28O3/c21-19(15-7-13-17-9-3-1-4-10-17)23-20(22)16-8-14-18-11-5-2-6-12-18/h1,3-4,9-10,18H,2,5-8,11-16H2. The van der Waals surface area contributed by atoms with Crippen LogP contribution in [0.15, 0.2) is 30.3 Å². The lowest BCUT2D eigenvalue weighted by Crippen LogP contribution is -2.13. The molecule has 0 saturated heterocycles. The van der Waals surface area contributed by atoms with Gasteiger partial charge >= 0.3 is 11.9 Å². The van der Waals surface area contributed by atoms with Crippen molar-refractivity contribution in [3.8, 4) is 0 Å². The molecule has 0 unspecified atom stereocenters. The third-order valence-corrected chi connectivity index (χ3v) is 4.63. The van der Waals surface area contributed by atoms with Crippen molar-refractivity contribution in [2.24, 2.45) is 5.92 Å². The molecule has 0 aliphatic heterocycles. The van der Waals surface area contributed by atoms with Crippen LogP contribution in [0.3, 0.4) is 0 Å². The van der Waals surface area contributed by atoms with Crippen LogP contribution in [0, 0.1) is 5.92 Å². The smallest absolute Gasteiger partial charge is 0.313 e. The van der Waals surface area contributed by atoms with Crippen LogP contribution in [0.2, 0.25) is 0 Å². The summed E-state index contributed by atoms with van der Waals surface area (Å²) in [7, 11) is 0.